The smallest absolute Gasteiger partial charge is 0.257 e. The molecule has 3 aromatic rings. The van der Waals surface area contributed by atoms with E-state index < -0.39 is 5.92 Å². The topological polar surface area (TPSA) is 74.8 Å². The number of hydrogen-bond donors (Lipinski definition) is 2. The first-order valence-corrected chi connectivity index (χ1v) is 12.8. The average molecular weight is 530 g/mol. The zero-order chi connectivity index (χ0) is 24.9. The van der Waals surface area contributed by atoms with Crippen LogP contribution in [0.5, 0.6) is 0 Å². The van der Waals surface area contributed by atoms with E-state index in [1.807, 2.05) is 13.8 Å². The van der Waals surface area contributed by atoms with E-state index in [1.54, 1.807) is 30.3 Å². The molecule has 0 bridgehead atoms. The van der Waals surface area contributed by atoms with Crippen molar-refractivity contribution in [3.8, 4) is 0 Å². The quantitative estimate of drug-likeness (QED) is 0.290. The molecule has 0 amide bonds. The number of rotatable bonds is 4. The molecule has 5 nitrogen and oxygen atoms in total. The van der Waals surface area contributed by atoms with Crippen molar-refractivity contribution < 1.29 is 9.18 Å². The fourth-order valence-corrected chi connectivity index (χ4v) is 6.07. The fraction of sp³-hybridized carbons (Fsp3) is 0.269. The second kappa shape index (κ2) is 9.12. The number of nitrogens with zero attached hydrogens (tertiary/aromatic N) is 1. The van der Waals surface area contributed by atoms with Crippen LogP contribution in [0.25, 0.3) is 0 Å². The molecule has 0 fully saturated rings. The number of Topliss-reactive ketones (excluding diaryl/α,β-unsaturated/α-hetero) is 1. The van der Waals surface area contributed by atoms with E-state index in [1.165, 1.54) is 23.9 Å². The first kappa shape index (κ1) is 24.1. The van der Waals surface area contributed by atoms with E-state index in [4.69, 9.17) is 28.2 Å². The number of carbonyl (C=O) groups excluding carboxylic acids is 1. The van der Waals surface area contributed by atoms with Crippen LogP contribution in [0.1, 0.15) is 49.3 Å². The number of ketones is 1. The second-order valence-corrected chi connectivity index (χ2v) is 11.4. The number of H-pyrrole nitrogens is 1. The van der Waals surface area contributed by atoms with Crippen molar-refractivity contribution in [3.63, 3.8) is 0 Å². The third-order valence-corrected chi connectivity index (χ3v) is 7.77. The predicted molar refractivity (Wildman–Crippen MR) is 138 cm³/mol. The van der Waals surface area contributed by atoms with Gasteiger partial charge in [-0.25, -0.2) is 9.37 Å². The molecule has 0 radical (unpaired) electrons. The molecule has 35 heavy (non-hydrogen) atoms. The Morgan fingerprint density at radius 1 is 1.11 bits per heavy atom. The van der Waals surface area contributed by atoms with Crippen molar-refractivity contribution in [2.24, 2.45) is 5.41 Å². The van der Waals surface area contributed by atoms with Crippen molar-refractivity contribution >= 4 is 46.6 Å². The van der Waals surface area contributed by atoms with E-state index in [0.29, 0.717) is 56.3 Å². The number of aromatic nitrogens is 2. The molecular formula is C26H22Cl2FN3O2S. The van der Waals surface area contributed by atoms with Gasteiger partial charge in [-0.05, 0) is 47.2 Å². The number of hydrogen-bond acceptors (Lipinski definition) is 5. The first-order valence-electron chi connectivity index (χ1n) is 11.1. The van der Waals surface area contributed by atoms with Crippen molar-refractivity contribution in [2.75, 3.05) is 5.32 Å². The monoisotopic (exact) mass is 529 g/mol. The molecule has 1 aromatic heterocycles. The molecule has 2 aromatic carbocycles. The minimum absolute atomic E-state index is 0.0143. The summed E-state index contributed by atoms with van der Waals surface area (Å²) in [7, 11) is 0. The maximum atomic E-state index is 13.4. The number of aromatic amines is 1. The van der Waals surface area contributed by atoms with Gasteiger partial charge in [0.25, 0.3) is 5.56 Å². The van der Waals surface area contributed by atoms with Crippen molar-refractivity contribution in [2.45, 2.75) is 43.5 Å². The molecule has 180 valence electrons. The Hall–Kier alpha value is -2.61. The van der Waals surface area contributed by atoms with Gasteiger partial charge in [0.15, 0.2) is 10.9 Å². The maximum absolute atomic E-state index is 13.4. The molecular weight excluding hydrogens is 508 g/mol. The van der Waals surface area contributed by atoms with Gasteiger partial charge in [-0.15, -0.1) is 0 Å². The van der Waals surface area contributed by atoms with Crippen molar-refractivity contribution in [3.05, 3.63) is 96.6 Å². The van der Waals surface area contributed by atoms with E-state index in [2.05, 4.69) is 10.3 Å². The van der Waals surface area contributed by atoms with Crippen molar-refractivity contribution in [1.29, 1.82) is 0 Å². The van der Waals surface area contributed by atoms with Gasteiger partial charge in [0, 0.05) is 39.4 Å². The van der Waals surface area contributed by atoms with Crippen LogP contribution < -0.4 is 10.9 Å². The standard InChI is InChI=1S/C26H22Cl2FN3O2S/c1-26(2)10-18-21(19(33)11-26)20(16-8-5-14(27)9-17(16)28)22-23(30-18)31-25(32-24(22)34)35-12-13-3-6-15(29)7-4-13/h3-9,20H,10-12H2,1-2H3,(H2,30,31,32,34). The number of anilines is 1. The summed E-state index contributed by atoms with van der Waals surface area (Å²) in [6, 6.07) is 11.3. The second-order valence-electron chi connectivity index (χ2n) is 9.61. The zero-order valence-corrected chi connectivity index (χ0v) is 21.4. The number of thioether (sulfide) groups is 1. The summed E-state index contributed by atoms with van der Waals surface area (Å²) in [6.45, 7) is 4.09. The summed E-state index contributed by atoms with van der Waals surface area (Å²) in [5.41, 5.74) is 2.65. The molecule has 2 heterocycles. The predicted octanol–water partition coefficient (Wildman–Crippen LogP) is 6.71. The van der Waals surface area contributed by atoms with Crippen LogP contribution in [-0.4, -0.2) is 15.8 Å². The average Bonchev–Trinajstić information content (AvgIpc) is 2.76. The molecule has 2 N–H and O–H groups in total. The molecule has 1 aliphatic heterocycles. The van der Waals surface area contributed by atoms with Gasteiger partial charge in [-0.3, -0.25) is 9.59 Å². The van der Waals surface area contributed by atoms with Gasteiger partial charge < -0.3 is 10.3 Å². The van der Waals surface area contributed by atoms with Crippen molar-refractivity contribution in [1.82, 2.24) is 9.97 Å². The molecule has 2 aliphatic rings. The summed E-state index contributed by atoms with van der Waals surface area (Å²) in [5, 5.41) is 4.58. The molecule has 1 unspecified atom stereocenters. The van der Waals surface area contributed by atoms with E-state index in [0.717, 1.165) is 11.3 Å². The Bertz CT molecular complexity index is 1430. The molecule has 5 rings (SSSR count). The highest BCUT2D eigenvalue weighted by Crippen LogP contribution is 2.49. The molecule has 9 heteroatoms. The number of fused-ring (bicyclic) bond motifs is 1. The third kappa shape index (κ3) is 4.77. The van der Waals surface area contributed by atoms with Crippen LogP contribution in [0, 0.1) is 11.2 Å². The SMILES string of the molecule is CC1(C)CC(=O)C2=C(C1)Nc1nc(SCc3ccc(F)cc3)[nH]c(=O)c1C2c1ccc(Cl)cc1Cl. The third-order valence-electron chi connectivity index (χ3n) is 6.26. The number of allylic oxidation sites excluding steroid dienone is 2. The summed E-state index contributed by atoms with van der Waals surface area (Å²) in [4.78, 5) is 34.3. The molecule has 0 saturated heterocycles. The van der Waals surface area contributed by atoms with Crippen LogP contribution in [0.2, 0.25) is 10.0 Å². The highest BCUT2D eigenvalue weighted by Gasteiger charge is 2.43. The van der Waals surface area contributed by atoms with E-state index in [-0.39, 0.29) is 22.6 Å². The van der Waals surface area contributed by atoms with Gasteiger partial charge in [0.1, 0.15) is 11.6 Å². The Morgan fingerprint density at radius 2 is 1.86 bits per heavy atom. The Morgan fingerprint density at radius 3 is 2.57 bits per heavy atom. The minimum atomic E-state index is -0.651. The minimum Gasteiger partial charge on any atom is -0.343 e. The summed E-state index contributed by atoms with van der Waals surface area (Å²) < 4.78 is 13.2. The number of halogens is 3. The molecule has 0 saturated carbocycles. The van der Waals surface area contributed by atoms with Crippen LogP contribution in [0.15, 0.2) is 63.7 Å². The van der Waals surface area contributed by atoms with Crippen LogP contribution >= 0.6 is 35.0 Å². The largest absolute Gasteiger partial charge is 0.343 e. The molecule has 1 atom stereocenters. The van der Waals surface area contributed by atoms with Gasteiger partial charge in [0.2, 0.25) is 0 Å². The summed E-state index contributed by atoms with van der Waals surface area (Å²) >= 11 is 14.0. The number of nitrogens with one attached hydrogen (secondary N) is 2. The van der Waals surface area contributed by atoms with E-state index >= 15 is 0 Å². The van der Waals surface area contributed by atoms with Gasteiger partial charge in [-0.1, -0.05) is 67.0 Å². The van der Waals surface area contributed by atoms with E-state index in [9.17, 15) is 14.0 Å². The summed E-state index contributed by atoms with van der Waals surface area (Å²) in [5.74, 6) is -0.0464. The first-order chi connectivity index (χ1) is 16.6. The zero-order valence-electron chi connectivity index (χ0n) is 19.0. The van der Waals surface area contributed by atoms with Gasteiger partial charge in [0.05, 0.1) is 5.56 Å². The van der Waals surface area contributed by atoms with Gasteiger partial charge >= 0.3 is 0 Å². The lowest BCUT2D eigenvalue weighted by molar-refractivity contribution is -0.118. The lowest BCUT2D eigenvalue weighted by Gasteiger charge is -2.38. The van der Waals surface area contributed by atoms with Crippen LogP contribution in [0.3, 0.4) is 0 Å². The molecule has 1 aliphatic carbocycles. The normalized spacial score (nSPS) is 18.7. The van der Waals surface area contributed by atoms with Crippen LogP contribution in [0.4, 0.5) is 10.2 Å². The highest BCUT2D eigenvalue weighted by atomic mass is 35.5. The van der Waals surface area contributed by atoms with Gasteiger partial charge in [-0.2, -0.15) is 0 Å². The van der Waals surface area contributed by atoms with Crippen LogP contribution in [-0.2, 0) is 10.5 Å². The lowest BCUT2D eigenvalue weighted by atomic mass is 9.69. The Labute approximate surface area is 216 Å². The Kier molecular flexibility index (Phi) is 6.28. The number of benzene rings is 2. The lowest BCUT2D eigenvalue weighted by Crippen LogP contribution is -2.37. The fourth-order valence-electron chi connectivity index (χ4n) is 4.74. The molecule has 0 spiro atoms. The number of carbonyl (C=O) groups is 1. The Balaban J connectivity index is 1.60. The maximum Gasteiger partial charge on any atom is 0.257 e. The summed E-state index contributed by atoms with van der Waals surface area (Å²) in [6.07, 6.45) is 1.02. The highest BCUT2D eigenvalue weighted by molar-refractivity contribution is 7.98.